The number of fused-ring (bicyclic) bond motifs is 6. The maximum atomic E-state index is 15.4. The lowest BCUT2D eigenvalue weighted by Gasteiger charge is -2.63. The van der Waals surface area contributed by atoms with Crippen LogP contribution in [0.4, 0.5) is 11.4 Å². The number of rotatable bonds is 7. The zero-order valence-corrected chi connectivity index (χ0v) is 35.1. The fourth-order valence-electron chi connectivity index (χ4n) is 14.4. The Morgan fingerprint density at radius 2 is 1.74 bits per heavy atom. The van der Waals surface area contributed by atoms with Crippen molar-refractivity contribution in [3.63, 3.8) is 0 Å². The number of hydrogen-bond acceptors (Lipinski definition) is 11. The Bertz CT molecular complexity index is 1990. The number of benzene rings is 2. The average molecular weight is 783 g/mol. The number of methoxy groups -OCH3 is 4. The van der Waals surface area contributed by atoms with Gasteiger partial charge in [-0.1, -0.05) is 51.1 Å². The van der Waals surface area contributed by atoms with E-state index in [1.54, 1.807) is 14.2 Å². The first-order chi connectivity index (χ1) is 27.4. The highest BCUT2D eigenvalue weighted by Gasteiger charge is 2.79. The van der Waals surface area contributed by atoms with Gasteiger partial charge in [-0.25, -0.2) is 4.79 Å². The fourth-order valence-corrected chi connectivity index (χ4v) is 14.4. The molecule has 6 heterocycles. The molecule has 8 unspecified atom stereocenters. The number of nitrogens with zero attached hydrogens (tertiary/aromatic N) is 3. The van der Waals surface area contributed by atoms with Crippen LogP contribution >= 0.6 is 0 Å². The number of esters is 2. The van der Waals surface area contributed by atoms with Crippen LogP contribution in [-0.4, -0.2) is 125 Å². The van der Waals surface area contributed by atoms with Crippen molar-refractivity contribution in [1.29, 1.82) is 0 Å². The van der Waals surface area contributed by atoms with Gasteiger partial charge in [0.1, 0.15) is 17.3 Å². The minimum atomic E-state index is -2.02. The van der Waals surface area contributed by atoms with Crippen LogP contribution in [0.25, 0.3) is 0 Å². The van der Waals surface area contributed by atoms with Crippen LogP contribution in [0.2, 0.25) is 0 Å². The van der Waals surface area contributed by atoms with E-state index in [4.69, 9.17) is 18.9 Å². The van der Waals surface area contributed by atoms with E-state index in [-0.39, 0.29) is 35.3 Å². The second-order valence-corrected chi connectivity index (χ2v) is 18.8. The molecule has 9 rings (SSSR count). The van der Waals surface area contributed by atoms with E-state index in [0.29, 0.717) is 25.0 Å². The first-order valence-electron chi connectivity index (χ1n) is 21.2. The van der Waals surface area contributed by atoms with E-state index in [1.807, 2.05) is 7.05 Å². The molecule has 1 aliphatic carbocycles. The summed E-state index contributed by atoms with van der Waals surface area (Å²) in [6, 6.07) is 11.7. The predicted octanol–water partition coefficient (Wildman–Crippen LogP) is 5.25. The van der Waals surface area contributed by atoms with Gasteiger partial charge >= 0.3 is 11.9 Å². The van der Waals surface area contributed by atoms with E-state index < -0.39 is 40.0 Å². The Morgan fingerprint density at radius 1 is 0.965 bits per heavy atom. The van der Waals surface area contributed by atoms with E-state index >= 15 is 4.79 Å². The quantitative estimate of drug-likeness (QED) is 0.284. The first kappa shape index (κ1) is 38.9. The number of carbonyl (C=O) groups is 2. The van der Waals surface area contributed by atoms with Crippen LogP contribution < -0.4 is 15.0 Å². The molecule has 308 valence electrons. The number of ether oxygens (including phenoxy) is 4. The van der Waals surface area contributed by atoms with Gasteiger partial charge in [-0.15, -0.1) is 0 Å². The smallest absolute Gasteiger partial charge is 0.342 e. The van der Waals surface area contributed by atoms with Crippen LogP contribution in [0.5, 0.6) is 5.75 Å². The normalized spacial score (nSPS) is 41.3. The maximum Gasteiger partial charge on any atom is 0.342 e. The van der Waals surface area contributed by atoms with Gasteiger partial charge in [0.25, 0.3) is 0 Å². The molecular formula is C46H62N4O7. The van der Waals surface area contributed by atoms with E-state index in [2.05, 4.69) is 89.3 Å². The summed E-state index contributed by atoms with van der Waals surface area (Å²) in [6.07, 6.45) is 8.42. The third-order valence-corrected chi connectivity index (χ3v) is 16.4. The highest BCUT2D eigenvalue weighted by Crippen LogP contribution is 2.68. The maximum absolute atomic E-state index is 15.4. The Hall–Kier alpha value is -3.64. The van der Waals surface area contributed by atoms with E-state index in [1.165, 1.54) is 19.8 Å². The van der Waals surface area contributed by atoms with Crippen molar-refractivity contribution >= 4 is 23.3 Å². The molecule has 57 heavy (non-hydrogen) atoms. The third kappa shape index (κ3) is 4.92. The number of hydrogen-bond donors (Lipinski definition) is 2. The lowest BCUT2D eigenvalue weighted by molar-refractivity contribution is -0.225. The molecule has 1 spiro atoms. The van der Waals surface area contributed by atoms with Crippen molar-refractivity contribution in [2.45, 2.75) is 106 Å². The zero-order chi connectivity index (χ0) is 40.3. The predicted molar refractivity (Wildman–Crippen MR) is 219 cm³/mol. The van der Waals surface area contributed by atoms with Gasteiger partial charge in [-0.05, 0) is 86.2 Å². The summed E-state index contributed by atoms with van der Waals surface area (Å²) in [4.78, 5) is 37.0. The molecular weight excluding hydrogens is 721 g/mol. The SMILES string of the molecule is CCC1(C)CC2CN(CCC3c4ccccc4NC3[C@@](C(=O)OC)(c3cc4c(cc3OC)N(C)C3[C@]45CCN4CC=CC(CC)(C45)[C@@H](OC)[C@]3(O)C(=O)OC)C2)C1. The van der Waals surface area contributed by atoms with Gasteiger partial charge in [0.2, 0.25) is 5.60 Å². The van der Waals surface area contributed by atoms with Gasteiger partial charge in [-0.2, -0.15) is 0 Å². The molecule has 2 bridgehead atoms. The van der Waals surface area contributed by atoms with Crippen molar-refractivity contribution in [1.82, 2.24) is 9.80 Å². The Kier molecular flexibility index (Phi) is 9.16. The summed E-state index contributed by atoms with van der Waals surface area (Å²) in [6.45, 7) is 11.3. The molecule has 0 amide bonds. The molecule has 2 aromatic rings. The molecule has 11 nitrogen and oxygen atoms in total. The van der Waals surface area contributed by atoms with Crippen molar-refractivity contribution in [3.8, 4) is 5.75 Å². The molecule has 1 saturated carbocycles. The molecule has 3 saturated heterocycles. The molecule has 12 atom stereocenters. The third-order valence-electron chi connectivity index (χ3n) is 16.4. The van der Waals surface area contributed by atoms with Crippen molar-refractivity contribution in [2.24, 2.45) is 16.7 Å². The van der Waals surface area contributed by atoms with Crippen molar-refractivity contribution < 1.29 is 33.6 Å². The standard InChI is InChI=1S/C46H62N4O7/c1-9-42(3)24-28-25-45(40(51)56-7,36-30(16-20-49(26-28)27-42)29-14-11-12-15-33(29)47-36)32-22-31-34(23-35(32)54-5)48(4)38-44(31)18-21-50-19-13-17-43(10-2,37(44)50)39(55-6)46(38,53)41(52)57-8/h11-15,17,22-23,28,30,36-39,47,53H,9-10,16,18-21,24-27H2,1-8H3/t28?,30?,36?,37?,38?,39-,42?,43?,44-,45+,46+/m1/s1. The first-order valence-corrected chi connectivity index (χ1v) is 21.2. The Labute approximate surface area is 338 Å². The summed E-state index contributed by atoms with van der Waals surface area (Å²) in [7, 11) is 8.14. The van der Waals surface area contributed by atoms with Gasteiger partial charge in [-0.3, -0.25) is 9.69 Å². The van der Waals surface area contributed by atoms with Gasteiger partial charge in [0.05, 0.1) is 33.4 Å². The Morgan fingerprint density at radius 3 is 2.44 bits per heavy atom. The van der Waals surface area contributed by atoms with Crippen LogP contribution in [0.15, 0.2) is 48.6 Å². The molecule has 7 aliphatic rings. The van der Waals surface area contributed by atoms with E-state index in [0.717, 1.165) is 74.5 Å². The summed E-state index contributed by atoms with van der Waals surface area (Å²) in [5.41, 5.74) is 0.536. The van der Waals surface area contributed by atoms with Crippen LogP contribution in [0, 0.1) is 16.7 Å². The van der Waals surface area contributed by atoms with Gasteiger partial charge in [0, 0.05) is 79.6 Å². The molecule has 2 N–H and O–H groups in total. The van der Waals surface area contributed by atoms with Gasteiger partial charge < -0.3 is 39.2 Å². The summed E-state index contributed by atoms with van der Waals surface area (Å²) in [5, 5.41) is 17.2. The summed E-state index contributed by atoms with van der Waals surface area (Å²) < 4.78 is 24.4. The highest BCUT2D eigenvalue weighted by atomic mass is 16.6. The lowest BCUT2D eigenvalue weighted by atomic mass is 9.47. The van der Waals surface area contributed by atoms with Crippen LogP contribution in [0.3, 0.4) is 0 Å². The zero-order valence-electron chi connectivity index (χ0n) is 35.1. The molecule has 2 aromatic carbocycles. The number of carbonyl (C=O) groups excluding carboxylic acids is 2. The minimum absolute atomic E-state index is 0.0406. The van der Waals surface area contributed by atoms with Crippen molar-refractivity contribution in [2.75, 3.05) is 78.4 Å². The molecule has 6 aliphatic heterocycles. The fraction of sp³-hybridized carbons (Fsp3) is 0.652. The van der Waals surface area contributed by atoms with Gasteiger partial charge in [0.15, 0.2) is 0 Å². The highest BCUT2D eigenvalue weighted by molar-refractivity contribution is 5.90. The minimum Gasteiger partial charge on any atom is -0.496 e. The number of likely N-dealkylation sites (N-methyl/N-ethyl adjacent to an activating group) is 1. The number of anilines is 2. The van der Waals surface area contributed by atoms with Crippen molar-refractivity contribution in [3.05, 3.63) is 65.2 Å². The number of piperidine rings is 1. The topological polar surface area (TPSA) is 113 Å². The molecule has 4 fully saturated rings. The summed E-state index contributed by atoms with van der Waals surface area (Å²) in [5.74, 6) is -0.0995. The number of aliphatic hydroxyl groups is 1. The molecule has 11 heteroatoms. The lowest BCUT2D eigenvalue weighted by Crippen LogP contribution is -2.81. The van der Waals surface area contributed by atoms with E-state index in [9.17, 15) is 9.90 Å². The monoisotopic (exact) mass is 782 g/mol. The number of nitrogens with one attached hydrogen (secondary N) is 1. The summed E-state index contributed by atoms with van der Waals surface area (Å²) >= 11 is 0. The van der Waals surface area contributed by atoms with Crippen LogP contribution in [-0.2, 0) is 34.6 Å². The largest absolute Gasteiger partial charge is 0.496 e. The molecule has 0 aromatic heterocycles. The molecule has 0 radical (unpaired) electrons. The van der Waals surface area contributed by atoms with Crippen LogP contribution in [0.1, 0.15) is 81.9 Å². The number of para-hydroxylation sites is 1. The average Bonchev–Trinajstić information content (AvgIpc) is 3.88. The second kappa shape index (κ2) is 13.4. The Balaban J connectivity index is 1.33. The second-order valence-electron chi connectivity index (χ2n) is 18.8.